The number of anilines is 1. The molecule has 0 aliphatic rings. The number of carbonyl (C=O) groups is 2. The van der Waals surface area contributed by atoms with E-state index in [2.05, 4.69) is 10.5 Å². The molecule has 0 fully saturated rings. The van der Waals surface area contributed by atoms with E-state index >= 15 is 0 Å². The summed E-state index contributed by atoms with van der Waals surface area (Å²) in [6, 6.07) is 6.42. The molecule has 7 heteroatoms. The zero-order valence-electron chi connectivity index (χ0n) is 9.81. The van der Waals surface area contributed by atoms with Crippen molar-refractivity contribution in [1.29, 1.82) is 0 Å². The van der Waals surface area contributed by atoms with Gasteiger partial charge in [0.15, 0.2) is 0 Å². The molecule has 98 valence electrons. The number of halogens is 1. The van der Waals surface area contributed by atoms with E-state index in [1.807, 2.05) is 0 Å². The maximum absolute atomic E-state index is 12.0. The van der Waals surface area contributed by atoms with E-state index in [0.29, 0.717) is 10.7 Å². The number of hydrogen-bond acceptors (Lipinski definition) is 4. The van der Waals surface area contributed by atoms with Crippen molar-refractivity contribution in [3.05, 3.63) is 46.3 Å². The van der Waals surface area contributed by atoms with Crippen molar-refractivity contribution in [3.63, 3.8) is 0 Å². The number of carbonyl (C=O) groups excluding carboxylic acids is 1. The van der Waals surface area contributed by atoms with Crippen LogP contribution in [0.1, 0.15) is 26.6 Å². The topological polar surface area (TPSA) is 92.4 Å². The molecule has 1 heterocycles. The van der Waals surface area contributed by atoms with Gasteiger partial charge < -0.3 is 14.9 Å². The summed E-state index contributed by atoms with van der Waals surface area (Å²) in [7, 11) is 0. The van der Waals surface area contributed by atoms with Gasteiger partial charge >= 0.3 is 5.97 Å². The Kier molecular flexibility index (Phi) is 3.52. The molecule has 1 aromatic heterocycles. The van der Waals surface area contributed by atoms with Gasteiger partial charge in [0, 0.05) is 10.7 Å². The zero-order valence-corrected chi connectivity index (χ0v) is 10.6. The average Bonchev–Trinajstić information content (AvgIpc) is 2.74. The molecule has 0 aliphatic heterocycles. The summed E-state index contributed by atoms with van der Waals surface area (Å²) in [6.07, 6.45) is 0. The Morgan fingerprint density at radius 2 is 1.95 bits per heavy atom. The second-order valence-electron chi connectivity index (χ2n) is 3.73. The molecule has 0 bridgehead atoms. The van der Waals surface area contributed by atoms with Crippen LogP contribution in [0.3, 0.4) is 0 Å². The van der Waals surface area contributed by atoms with E-state index in [1.165, 1.54) is 6.92 Å². The Bertz CT molecular complexity index is 634. The number of carboxylic acid groups (broad SMARTS) is 1. The molecule has 2 rings (SSSR count). The van der Waals surface area contributed by atoms with E-state index in [1.54, 1.807) is 24.3 Å². The van der Waals surface area contributed by atoms with Crippen molar-refractivity contribution in [2.24, 2.45) is 0 Å². The van der Waals surface area contributed by atoms with Gasteiger partial charge in [0.25, 0.3) is 5.91 Å². The number of nitrogens with one attached hydrogen (secondary N) is 1. The van der Waals surface area contributed by atoms with Gasteiger partial charge in [0.05, 0.1) is 0 Å². The van der Waals surface area contributed by atoms with Crippen molar-refractivity contribution >= 4 is 29.2 Å². The van der Waals surface area contributed by atoms with Gasteiger partial charge in [0.2, 0.25) is 5.69 Å². The third kappa shape index (κ3) is 2.74. The predicted octanol–water partition coefficient (Wildman–Crippen LogP) is 2.59. The van der Waals surface area contributed by atoms with E-state index in [-0.39, 0.29) is 11.3 Å². The van der Waals surface area contributed by atoms with Gasteiger partial charge in [-0.3, -0.25) is 4.79 Å². The molecule has 0 saturated carbocycles. The Hall–Kier alpha value is -2.34. The van der Waals surface area contributed by atoms with Gasteiger partial charge in [-0.2, -0.15) is 0 Å². The second-order valence-corrected chi connectivity index (χ2v) is 4.16. The Labute approximate surface area is 113 Å². The molecule has 6 nitrogen and oxygen atoms in total. The number of rotatable bonds is 3. The first-order valence-electron chi connectivity index (χ1n) is 5.25. The largest absolute Gasteiger partial charge is 0.476 e. The summed E-state index contributed by atoms with van der Waals surface area (Å²) in [5.41, 5.74) is -0.0160. The number of amides is 1. The number of nitrogens with zero attached hydrogens (tertiary/aromatic N) is 1. The Balaban J connectivity index is 2.27. The Morgan fingerprint density at radius 3 is 2.53 bits per heavy atom. The summed E-state index contributed by atoms with van der Waals surface area (Å²) in [4.78, 5) is 22.9. The zero-order chi connectivity index (χ0) is 14.0. The highest BCUT2D eigenvalue weighted by Crippen LogP contribution is 2.18. The smallest absolute Gasteiger partial charge is 0.358 e. The fourth-order valence-corrected chi connectivity index (χ4v) is 1.64. The second kappa shape index (κ2) is 5.11. The van der Waals surface area contributed by atoms with E-state index < -0.39 is 17.6 Å². The number of aromatic carboxylic acids is 1. The molecule has 0 radical (unpaired) electrons. The number of aryl methyl sites for hydroxylation is 1. The van der Waals surface area contributed by atoms with E-state index in [0.717, 1.165) is 0 Å². The molecule has 0 atom stereocenters. The lowest BCUT2D eigenvalue weighted by atomic mass is 10.1. The molecule has 0 unspecified atom stereocenters. The van der Waals surface area contributed by atoms with Gasteiger partial charge in [-0.05, 0) is 31.2 Å². The number of aromatic nitrogens is 1. The first-order chi connectivity index (χ1) is 8.99. The van der Waals surface area contributed by atoms with Gasteiger partial charge in [-0.25, -0.2) is 4.79 Å². The van der Waals surface area contributed by atoms with Crippen molar-refractivity contribution in [1.82, 2.24) is 5.16 Å². The highest BCUT2D eigenvalue weighted by atomic mass is 35.5. The van der Waals surface area contributed by atoms with Crippen molar-refractivity contribution in [2.45, 2.75) is 6.92 Å². The lowest BCUT2D eigenvalue weighted by molar-refractivity contribution is 0.0682. The minimum atomic E-state index is -1.32. The third-order valence-corrected chi connectivity index (χ3v) is 2.65. The lowest BCUT2D eigenvalue weighted by Gasteiger charge is -2.04. The van der Waals surface area contributed by atoms with Crippen LogP contribution in [0.2, 0.25) is 5.02 Å². The molecule has 19 heavy (non-hydrogen) atoms. The molecule has 0 saturated heterocycles. The minimum absolute atomic E-state index is 0.0950. The number of benzene rings is 1. The van der Waals surface area contributed by atoms with Crippen molar-refractivity contribution in [3.8, 4) is 0 Å². The maximum atomic E-state index is 12.0. The minimum Gasteiger partial charge on any atom is -0.476 e. The molecule has 2 aromatic rings. The summed E-state index contributed by atoms with van der Waals surface area (Å²) in [5.74, 6) is -1.78. The van der Waals surface area contributed by atoms with Crippen molar-refractivity contribution in [2.75, 3.05) is 5.32 Å². The molecule has 1 amide bonds. The van der Waals surface area contributed by atoms with Crippen molar-refractivity contribution < 1.29 is 19.2 Å². The summed E-state index contributed by atoms with van der Waals surface area (Å²) in [5, 5.41) is 15.3. The quantitative estimate of drug-likeness (QED) is 0.901. The molecular weight excluding hydrogens is 272 g/mol. The standard InChI is InChI=1S/C12H9ClN2O4/c1-6-9(10(12(17)18)15-19-6)11(16)14-8-4-2-7(13)3-5-8/h2-5H,1H3,(H,14,16)(H,17,18). The van der Waals surface area contributed by atoms with E-state index in [4.69, 9.17) is 21.2 Å². The van der Waals surface area contributed by atoms with Crippen LogP contribution >= 0.6 is 11.6 Å². The average molecular weight is 281 g/mol. The van der Waals surface area contributed by atoms with Gasteiger partial charge in [0.1, 0.15) is 11.3 Å². The molecule has 2 N–H and O–H groups in total. The van der Waals surface area contributed by atoms with Crippen LogP contribution < -0.4 is 5.32 Å². The SMILES string of the molecule is Cc1onc(C(=O)O)c1C(=O)Nc1ccc(Cl)cc1. The Morgan fingerprint density at radius 1 is 1.32 bits per heavy atom. The van der Waals surface area contributed by atoms with Gasteiger partial charge in [-0.1, -0.05) is 16.8 Å². The van der Waals surface area contributed by atoms with Crippen LogP contribution in [0, 0.1) is 6.92 Å². The van der Waals surface area contributed by atoms with Gasteiger partial charge in [-0.15, -0.1) is 0 Å². The highest BCUT2D eigenvalue weighted by Gasteiger charge is 2.25. The van der Waals surface area contributed by atoms with Crippen LogP contribution in [0.15, 0.2) is 28.8 Å². The first kappa shape index (κ1) is 13.1. The highest BCUT2D eigenvalue weighted by molar-refractivity contribution is 6.30. The molecule has 0 spiro atoms. The van der Waals surface area contributed by atoms with Crippen LogP contribution in [-0.2, 0) is 0 Å². The first-order valence-corrected chi connectivity index (χ1v) is 5.63. The summed E-state index contributed by atoms with van der Waals surface area (Å²) < 4.78 is 4.72. The summed E-state index contributed by atoms with van der Waals surface area (Å²) >= 11 is 5.72. The lowest BCUT2D eigenvalue weighted by Crippen LogP contribution is -2.16. The predicted molar refractivity (Wildman–Crippen MR) is 67.6 cm³/mol. The number of hydrogen-bond donors (Lipinski definition) is 2. The number of carboxylic acids is 1. The molecule has 1 aromatic carbocycles. The maximum Gasteiger partial charge on any atom is 0.358 e. The normalized spacial score (nSPS) is 10.2. The fraction of sp³-hybridized carbons (Fsp3) is 0.0833. The monoisotopic (exact) mass is 280 g/mol. The van der Waals surface area contributed by atoms with Crippen LogP contribution in [-0.4, -0.2) is 22.1 Å². The van der Waals surface area contributed by atoms with Crippen LogP contribution in [0.25, 0.3) is 0 Å². The molecule has 0 aliphatic carbocycles. The molecular formula is C12H9ClN2O4. The third-order valence-electron chi connectivity index (χ3n) is 2.39. The van der Waals surface area contributed by atoms with Crippen LogP contribution in [0.5, 0.6) is 0 Å². The van der Waals surface area contributed by atoms with Crippen LogP contribution in [0.4, 0.5) is 5.69 Å². The van der Waals surface area contributed by atoms with E-state index in [9.17, 15) is 9.59 Å². The summed E-state index contributed by atoms with van der Waals surface area (Å²) in [6.45, 7) is 1.47. The fourth-order valence-electron chi connectivity index (χ4n) is 1.51.